The molecule has 2 aromatic carbocycles. The zero-order valence-electron chi connectivity index (χ0n) is 12.2. The lowest BCUT2D eigenvalue weighted by molar-refractivity contribution is -0.124. The summed E-state index contributed by atoms with van der Waals surface area (Å²) < 4.78 is 0. The Balaban J connectivity index is 1.65. The summed E-state index contributed by atoms with van der Waals surface area (Å²) in [5.74, 6) is 0.0702. The lowest BCUT2D eigenvalue weighted by Gasteiger charge is -2.26. The molecule has 0 radical (unpaired) electrons. The summed E-state index contributed by atoms with van der Waals surface area (Å²) in [6.45, 7) is 2.78. The third-order valence-electron chi connectivity index (χ3n) is 4.06. The second kappa shape index (κ2) is 6.10. The van der Waals surface area contributed by atoms with Gasteiger partial charge in [0.05, 0.1) is 12.1 Å². The van der Waals surface area contributed by atoms with Crippen LogP contribution in [0.2, 0.25) is 0 Å². The van der Waals surface area contributed by atoms with Crippen molar-refractivity contribution in [3.8, 4) is 0 Å². The number of nitrogens with one attached hydrogen (secondary N) is 2. The van der Waals surface area contributed by atoms with Gasteiger partial charge in [0.2, 0.25) is 5.91 Å². The van der Waals surface area contributed by atoms with Crippen LogP contribution in [0, 0.1) is 0 Å². The molecule has 1 heterocycles. The van der Waals surface area contributed by atoms with Gasteiger partial charge in [0, 0.05) is 6.54 Å². The second-order valence-electron chi connectivity index (χ2n) is 5.55. The van der Waals surface area contributed by atoms with E-state index in [1.807, 2.05) is 49.4 Å². The predicted octanol–water partition coefficient (Wildman–Crippen LogP) is 2.58. The average Bonchev–Trinajstić information content (AvgIpc) is 2.55. The van der Waals surface area contributed by atoms with E-state index < -0.39 is 0 Å². The van der Waals surface area contributed by atoms with Crippen LogP contribution in [0.15, 0.2) is 54.6 Å². The number of carbonyl (C=O) groups is 1. The summed E-state index contributed by atoms with van der Waals surface area (Å²) in [7, 11) is 0. The minimum atomic E-state index is -0.147. The Labute approximate surface area is 125 Å². The topological polar surface area (TPSA) is 41.1 Å². The van der Waals surface area contributed by atoms with Gasteiger partial charge in [-0.2, -0.15) is 0 Å². The number of fused-ring (bicyclic) bond motifs is 1. The highest BCUT2D eigenvalue weighted by Crippen LogP contribution is 2.17. The van der Waals surface area contributed by atoms with Gasteiger partial charge in [-0.25, -0.2) is 0 Å². The summed E-state index contributed by atoms with van der Waals surface area (Å²) in [4.78, 5) is 12.4. The first kappa shape index (κ1) is 13.8. The van der Waals surface area contributed by atoms with Crippen LogP contribution in [0.4, 0.5) is 0 Å². The fourth-order valence-corrected chi connectivity index (χ4v) is 2.78. The summed E-state index contributed by atoms with van der Waals surface area (Å²) >= 11 is 0. The largest absolute Gasteiger partial charge is 0.348 e. The molecular formula is C18H20N2O. The van der Waals surface area contributed by atoms with Crippen molar-refractivity contribution in [2.24, 2.45) is 0 Å². The van der Waals surface area contributed by atoms with Crippen LogP contribution in [0.1, 0.15) is 29.7 Å². The highest BCUT2D eigenvalue weighted by Gasteiger charge is 2.24. The summed E-state index contributed by atoms with van der Waals surface area (Å²) in [6, 6.07) is 18.2. The van der Waals surface area contributed by atoms with Crippen molar-refractivity contribution in [3.05, 3.63) is 71.3 Å². The number of hydrogen-bond donors (Lipinski definition) is 2. The molecule has 0 spiro atoms. The van der Waals surface area contributed by atoms with E-state index in [9.17, 15) is 4.79 Å². The van der Waals surface area contributed by atoms with Crippen molar-refractivity contribution in [2.75, 3.05) is 0 Å². The van der Waals surface area contributed by atoms with Gasteiger partial charge in [-0.1, -0.05) is 54.6 Å². The molecule has 0 aromatic heterocycles. The van der Waals surface area contributed by atoms with Gasteiger partial charge in [-0.05, 0) is 30.0 Å². The van der Waals surface area contributed by atoms with Crippen molar-refractivity contribution in [2.45, 2.75) is 32.0 Å². The van der Waals surface area contributed by atoms with E-state index in [4.69, 9.17) is 0 Å². The lowest BCUT2D eigenvalue weighted by Crippen LogP contribution is -2.48. The van der Waals surface area contributed by atoms with E-state index in [0.717, 1.165) is 18.5 Å². The molecule has 3 heteroatoms. The van der Waals surface area contributed by atoms with Crippen LogP contribution >= 0.6 is 0 Å². The van der Waals surface area contributed by atoms with Gasteiger partial charge in [0.15, 0.2) is 0 Å². The Kier molecular flexibility index (Phi) is 4.02. The number of rotatable bonds is 3. The Morgan fingerprint density at radius 3 is 2.52 bits per heavy atom. The molecule has 3 nitrogen and oxygen atoms in total. The number of amides is 1. The summed E-state index contributed by atoms with van der Waals surface area (Å²) in [5.41, 5.74) is 3.68. The molecule has 2 aromatic rings. The van der Waals surface area contributed by atoms with Crippen LogP contribution in [0.25, 0.3) is 0 Å². The molecule has 2 atom stereocenters. The summed E-state index contributed by atoms with van der Waals surface area (Å²) in [6.07, 6.45) is 0.753. The number of benzene rings is 2. The molecule has 3 rings (SSSR count). The van der Waals surface area contributed by atoms with E-state index in [1.165, 1.54) is 11.1 Å². The van der Waals surface area contributed by atoms with Crippen LogP contribution < -0.4 is 10.6 Å². The third kappa shape index (κ3) is 3.14. The lowest BCUT2D eigenvalue weighted by atomic mass is 9.95. The molecule has 0 unspecified atom stereocenters. The highest BCUT2D eigenvalue weighted by atomic mass is 16.2. The molecule has 108 valence electrons. The van der Waals surface area contributed by atoms with Gasteiger partial charge in [-0.15, -0.1) is 0 Å². The highest BCUT2D eigenvalue weighted by molar-refractivity contribution is 5.82. The van der Waals surface area contributed by atoms with Gasteiger partial charge in [0.25, 0.3) is 0 Å². The molecule has 0 saturated carbocycles. The SMILES string of the molecule is C[C@H](NC(=O)[C@H]1Cc2ccccc2CN1)c1ccccc1. The molecule has 0 bridgehead atoms. The van der Waals surface area contributed by atoms with Crippen molar-refractivity contribution in [3.63, 3.8) is 0 Å². The summed E-state index contributed by atoms with van der Waals surface area (Å²) in [5, 5.41) is 6.42. The van der Waals surface area contributed by atoms with E-state index in [0.29, 0.717) is 0 Å². The number of carbonyl (C=O) groups excluding carboxylic acids is 1. The van der Waals surface area contributed by atoms with E-state index in [1.54, 1.807) is 0 Å². The molecule has 0 fully saturated rings. The zero-order valence-corrected chi connectivity index (χ0v) is 12.2. The van der Waals surface area contributed by atoms with Crippen molar-refractivity contribution < 1.29 is 4.79 Å². The minimum absolute atomic E-state index is 0.0256. The van der Waals surface area contributed by atoms with Gasteiger partial charge in [-0.3, -0.25) is 4.79 Å². The Bertz CT molecular complexity index is 624. The fourth-order valence-electron chi connectivity index (χ4n) is 2.78. The van der Waals surface area contributed by atoms with E-state index in [-0.39, 0.29) is 18.0 Å². The normalized spacial score (nSPS) is 18.6. The number of hydrogen-bond acceptors (Lipinski definition) is 2. The van der Waals surface area contributed by atoms with Crippen molar-refractivity contribution >= 4 is 5.91 Å². The predicted molar refractivity (Wildman–Crippen MR) is 83.8 cm³/mol. The minimum Gasteiger partial charge on any atom is -0.348 e. The quantitative estimate of drug-likeness (QED) is 0.907. The second-order valence-corrected chi connectivity index (χ2v) is 5.55. The first-order chi connectivity index (χ1) is 10.2. The average molecular weight is 280 g/mol. The third-order valence-corrected chi connectivity index (χ3v) is 4.06. The van der Waals surface area contributed by atoms with Crippen LogP contribution in [0.3, 0.4) is 0 Å². The standard InChI is InChI=1S/C18H20N2O/c1-13(14-7-3-2-4-8-14)20-18(21)17-11-15-9-5-6-10-16(15)12-19-17/h2-10,13,17,19H,11-12H2,1H3,(H,20,21)/t13-,17+/m0/s1. The van der Waals surface area contributed by atoms with Gasteiger partial charge < -0.3 is 10.6 Å². The Morgan fingerprint density at radius 2 is 1.76 bits per heavy atom. The molecule has 0 saturated heterocycles. The molecule has 2 N–H and O–H groups in total. The van der Waals surface area contributed by atoms with Crippen LogP contribution in [0.5, 0.6) is 0 Å². The Hall–Kier alpha value is -2.13. The van der Waals surface area contributed by atoms with Crippen molar-refractivity contribution in [1.82, 2.24) is 10.6 Å². The molecular weight excluding hydrogens is 260 g/mol. The van der Waals surface area contributed by atoms with Crippen molar-refractivity contribution in [1.29, 1.82) is 0 Å². The van der Waals surface area contributed by atoms with E-state index in [2.05, 4.69) is 22.8 Å². The molecule has 0 aliphatic carbocycles. The van der Waals surface area contributed by atoms with Crippen LogP contribution in [-0.2, 0) is 17.8 Å². The fraction of sp³-hybridized carbons (Fsp3) is 0.278. The van der Waals surface area contributed by atoms with Crippen LogP contribution in [-0.4, -0.2) is 11.9 Å². The molecule has 1 aliphatic rings. The van der Waals surface area contributed by atoms with E-state index >= 15 is 0 Å². The Morgan fingerprint density at radius 1 is 1.10 bits per heavy atom. The molecule has 1 amide bonds. The molecule has 1 aliphatic heterocycles. The first-order valence-electron chi connectivity index (χ1n) is 7.39. The maximum Gasteiger partial charge on any atom is 0.237 e. The maximum absolute atomic E-state index is 12.4. The smallest absolute Gasteiger partial charge is 0.237 e. The first-order valence-corrected chi connectivity index (χ1v) is 7.39. The zero-order chi connectivity index (χ0) is 14.7. The maximum atomic E-state index is 12.4. The van der Waals surface area contributed by atoms with Gasteiger partial charge >= 0.3 is 0 Å². The molecule has 21 heavy (non-hydrogen) atoms. The monoisotopic (exact) mass is 280 g/mol. The van der Waals surface area contributed by atoms with Gasteiger partial charge in [0.1, 0.15) is 0 Å².